The summed E-state index contributed by atoms with van der Waals surface area (Å²) in [4.78, 5) is 0. The van der Waals surface area contributed by atoms with Crippen LogP contribution in [-0.2, 0) is 5.75 Å². The molecule has 1 aromatic carbocycles. The van der Waals surface area contributed by atoms with Gasteiger partial charge in [0, 0.05) is 22.1 Å². The van der Waals surface area contributed by atoms with Gasteiger partial charge in [-0.3, -0.25) is 0 Å². The van der Waals surface area contributed by atoms with Crippen LogP contribution in [0.15, 0.2) is 24.3 Å². The van der Waals surface area contributed by atoms with Gasteiger partial charge < -0.3 is 5.32 Å². The van der Waals surface area contributed by atoms with Gasteiger partial charge in [0.15, 0.2) is 0 Å². The Balaban J connectivity index is 1.94. The quantitative estimate of drug-likeness (QED) is 0.861. The van der Waals surface area contributed by atoms with Crippen LogP contribution in [0.5, 0.6) is 0 Å². The van der Waals surface area contributed by atoms with Crippen molar-refractivity contribution in [3.63, 3.8) is 0 Å². The standard InChI is InChI=1S/C16H24ClNS/c1-16(2)9-8-14(18-3)15(10-16)19-11-12-4-6-13(17)7-5-12/h4-7,14-15,18H,8-11H2,1-3H3. The number of hydrogen-bond acceptors (Lipinski definition) is 2. The first-order valence-corrected chi connectivity index (χ1v) is 8.46. The van der Waals surface area contributed by atoms with Gasteiger partial charge in [0.1, 0.15) is 0 Å². The number of benzene rings is 1. The van der Waals surface area contributed by atoms with Crippen LogP contribution in [0, 0.1) is 5.41 Å². The second kappa shape index (κ2) is 6.51. The highest BCUT2D eigenvalue weighted by Gasteiger charge is 2.34. The molecule has 0 aliphatic heterocycles. The third-order valence-electron chi connectivity index (χ3n) is 4.08. The van der Waals surface area contributed by atoms with Gasteiger partial charge in [0.2, 0.25) is 0 Å². The van der Waals surface area contributed by atoms with Crippen molar-refractivity contribution in [2.75, 3.05) is 7.05 Å². The molecule has 0 aromatic heterocycles. The fraction of sp³-hybridized carbons (Fsp3) is 0.625. The summed E-state index contributed by atoms with van der Waals surface area (Å²) in [5.74, 6) is 1.08. The van der Waals surface area contributed by atoms with E-state index in [2.05, 4.69) is 50.1 Å². The maximum Gasteiger partial charge on any atom is 0.0406 e. The van der Waals surface area contributed by atoms with E-state index >= 15 is 0 Å². The average molecular weight is 298 g/mol. The maximum atomic E-state index is 5.93. The molecule has 1 saturated carbocycles. The molecule has 1 fully saturated rings. The van der Waals surface area contributed by atoms with E-state index in [1.54, 1.807) is 0 Å². The predicted octanol–water partition coefficient (Wildman–Crippen LogP) is 4.74. The van der Waals surface area contributed by atoms with E-state index in [-0.39, 0.29) is 0 Å². The average Bonchev–Trinajstić information content (AvgIpc) is 2.37. The van der Waals surface area contributed by atoms with Crippen molar-refractivity contribution in [3.8, 4) is 0 Å². The van der Waals surface area contributed by atoms with Crippen LogP contribution in [0.3, 0.4) is 0 Å². The lowest BCUT2D eigenvalue weighted by Gasteiger charge is -2.40. The Morgan fingerprint density at radius 2 is 2.00 bits per heavy atom. The minimum absolute atomic E-state index is 0.491. The molecule has 1 aliphatic carbocycles. The van der Waals surface area contributed by atoms with Crippen molar-refractivity contribution < 1.29 is 0 Å². The molecule has 1 N–H and O–H groups in total. The van der Waals surface area contributed by atoms with E-state index in [0.717, 1.165) is 10.8 Å². The number of nitrogens with one attached hydrogen (secondary N) is 1. The zero-order valence-corrected chi connectivity index (χ0v) is 13.7. The number of hydrogen-bond donors (Lipinski definition) is 1. The lowest BCUT2D eigenvalue weighted by Crippen LogP contribution is -2.43. The first-order valence-electron chi connectivity index (χ1n) is 7.03. The van der Waals surface area contributed by atoms with E-state index in [1.807, 2.05) is 12.1 Å². The minimum Gasteiger partial charge on any atom is -0.316 e. The monoisotopic (exact) mass is 297 g/mol. The fourth-order valence-corrected chi connectivity index (χ4v) is 4.61. The summed E-state index contributed by atoms with van der Waals surface area (Å²) in [5.41, 5.74) is 1.86. The molecule has 2 unspecified atom stereocenters. The van der Waals surface area contributed by atoms with Crippen molar-refractivity contribution in [3.05, 3.63) is 34.9 Å². The highest BCUT2D eigenvalue weighted by Crippen LogP contribution is 2.41. The van der Waals surface area contributed by atoms with Crippen LogP contribution >= 0.6 is 23.4 Å². The molecule has 106 valence electrons. The van der Waals surface area contributed by atoms with E-state index < -0.39 is 0 Å². The third kappa shape index (κ3) is 4.40. The molecule has 2 rings (SSSR count). The number of thioether (sulfide) groups is 1. The molecule has 0 spiro atoms. The molecular formula is C16H24ClNS. The van der Waals surface area contributed by atoms with Crippen molar-refractivity contribution >= 4 is 23.4 Å². The molecule has 0 heterocycles. The molecule has 1 aromatic rings. The Hall–Kier alpha value is -0.180. The van der Waals surface area contributed by atoms with Crippen LogP contribution in [0.1, 0.15) is 38.7 Å². The Labute approximate surface area is 126 Å². The first kappa shape index (κ1) is 15.2. The molecule has 0 bridgehead atoms. The fourth-order valence-electron chi connectivity index (χ4n) is 2.81. The van der Waals surface area contributed by atoms with Gasteiger partial charge in [0.05, 0.1) is 0 Å². The number of rotatable bonds is 4. The highest BCUT2D eigenvalue weighted by molar-refractivity contribution is 7.99. The lowest BCUT2D eigenvalue weighted by molar-refractivity contribution is 0.218. The van der Waals surface area contributed by atoms with Crippen molar-refractivity contribution in [1.29, 1.82) is 0 Å². The molecule has 2 atom stereocenters. The van der Waals surface area contributed by atoms with Crippen LogP contribution in [0.4, 0.5) is 0 Å². The zero-order valence-electron chi connectivity index (χ0n) is 12.1. The summed E-state index contributed by atoms with van der Waals surface area (Å²) >= 11 is 8.01. The van der Waals surface area contributed by atoms with Crippen LogP contribution in [0.25, 0.3) is 0 Å². The van der Waals surface area contributed by atoms with Crippen molar-refractivity contribution in [2.24, 2.45) is 5.41 Å². The largest absolute Gasteiger partial charge is 0.316 e. The lowest BCUT2D eigenvalue weighted by atomic mass is 9.75. The molecular weight excluding hydrogens is 274 g/mol. The van der Waals surface area contributed by atoms with Gasteiger partial charge in [-0.25, -0.2) is 0 Å². The van der Waals surface area contributed by atoms with Crippen LogP contribution < -0.4 is 5.32 Å². The Morgan fingerprint density at radius 3 is 2.63 bits per heavy atom. The molecule has 0 radical (unpaired) electrons. The third-order valence-corrected chi connectivity index (χ3v) is 5.76. The molecule has 0 amide bonds. The maximum absolute atomic E-state index is 5.93. The van der Waals surface area contributed by atoms with E-state index in [4.69, 9.17) is 11.6 Å². The predicted molar refractivity (Wildman–Crippen MR) is 87.0 cm³/mol. The molecule has 3 heteroatoms. The van der Waals surface area contributed by atoms with E-state index in [9.17, 15) is 0 Å². The van der Waals surface area contributed by atoms with E-state index in [0.29, 0.717) is 16.7 Å². The normalized spacial score (nSPS) is 26.3. The Kier molecular flexibility index (Phi) is 5.22. The summed E-state index contributed by atoms with van der Waals surface area (Å²) in [6.45, 7) is 4.80. The van der Waals surface area contributed by atoms with Gasteiger partial charge in [-0.1, -0.05) is 37.6 Å². The van der Waals surface area contributed by atoms with Gasteiger partial charge >= 0.3 is 0 Å². The van der Waals surface area contributed by atoms with Gasteiger partial charge in [-0.15, -0.1) is 0 Å². The van der Waals surface area contributed by atoms with Crippen molar-refractivity contribution in [2.45, 2.75) is 50.2 Å². The highest BCUT2D eigenvalue weighted by atomic mass is 35.5. The summed E-state index contributed by atoms with van der Waals surface area (Å²) in [6, 6.07) is 8.90. The molecule has 0 saturated heterocycles. The Morgan fingerprint density at radius 1 is 1.32 bits per heavy atom. The second-order valence-electron chi connectivity index (χ2n) is 6.28. The van der Waals surface area contributed by atoms with Gasteiger partial charge in [0.25, 0.3) is 0 Å². The Bertz CT molecular complexity index is 402. The van der Waals surface area contributed by atoms with Gasteiger partial charge in [-0.05, 0) is 49.4 Å². The summed E-state index contributed by atoms with van der Waals surface area (Å²) in [5, 5.41) is 5.03. The SMILES string of the molecule is CNC1CCC(C)(C)CC1SCc1ccc(Cl)cc1. The van der Waals surface area contributed by atoms with Crippen molar-refractivity contribution in [1.82, 2.24) is 5.32 Å². The second-order valence-corrected chi connectivity index (χ2v) is 7.94. The molecule has 1 nitrogen and oxygen atoms in total. The summed E-state index contributed by atoms with van der Waals surface area (Å²) in [6.07, 6.45) is 3.93. The molecule has 19 heavy (non-hydrogen) atoms. The summed E-state index contributed by atoms with van der Waals surface area (Å²) < 4.78 is 0. The van der Waals surface area contributed by atoms with Gasteiger partial charge in [-0.2, -0.15) is 11.8 Å². The topological polar surface area (TPSA) is 12.0 Å². The molecule has 1 aliphatic rings. The smallest absolute Gasteiger partial charge is 0.0406 e. The minimum atomic E-state index is 0.491. The summed E-state index contributed by atoms with van der Waals surface area (Å²) in [7, 11) is 2.10. The first-order chi connectivity index (χ1) is 9.00. The van der Waals surface area contributed by atoms with E-state index in [1.165, 1.54) is 24.8 Å². The number of halogens is 1. The van der Waals surface area contributed by atoms with Crippen LogP contribution in [0.2, 0.25) is 5.02 Å². The zero-order chi connectivity index (χ0) is 13.9. The van der Waals surface area contributed by atoms with Crippen LogP contribution in [-0.4, -0.2) is 18.3 Å².